The molecule has 1 spiro atoms. The van der Waals surface area contributed by atoms with E-state index in [-0.39, 0.29) is 12.4 Å². The second kappa shape index (κ2) is 5.32. The van der Waals surface area contributed by atoms with Crippen molar-refractivity contribution >= 4 is 0 Å². The molecule has 1 saturated carbocycles. The van der Waals surface area contributed by atoms with Crippen molar-refractivity contribution < 1.29 is 19.2 Å². The van der Waals surface area contributed by atoms with Crippen LogP contribution < -0.4 is 0 Å². The van der Waals surface area contributed by atoms with Gasteiger partial charge in [0, 0.05) is 31.3 Å². The number of aromatic nitrogens is 1. The van der Waals surface area contributed by atoms with E-state index in [9.17, 15) is 0 Å². The summed E-state index contributed by atoms with van der Waals surface area (Å²) < 4.78 is 15.2. The highest BCUT2D eigenvalue weighted by Crippen LogP contribution is 2.62. The van der Waals surface area contributed by atoms with Crippen molar-refractivity contribution in [3.8, 4) is 0 Å². The molecule has 8 atom stereocenters. The SMILES string of the molecule is C[C@H]1[C@H](c2cccn2C)O[C@@H]2O[C@@]3(C)CC[C@H]4[C@H](C)CC[C@@H]1[C@@]24OO3. The Labute approximate surface area is 149 Å². The topological polar surface area (TPSA) is 41.9 Å². The molecule has 4 saturated heterocycles. The summed E-state index contributed by atoms with van der Waals surface area (Å²) in [6.45, 7) is 6.64. The number of rotatable bonds is 1. The van der Waals surface area contributed by atoms with Gasteiger partial charge in [0.2, 0.25) is 5.79 Å². The molecule has 0 amide bonds. The fraction of sp³-hybridized carbons (Fsp3) is 0.800. The molecule has 6 rings (SSSR count). The van der Waals surface area contributed by atoms with Gasteiger partial charge in [-0.1, -0.05) is 13.8 Å². The maximum absolute atomic E-state index is 6.63. The molecule has 2 bridgehead atoms. The molecule has 1 aliphatic carbocycles. The predicted octanol–water partition coefficient (Wildman–Crippen LogP) is 3.95. The molecule has 5 heterocycles. The zero-order valence-electron chi connectivity index (χ0n) is 15.6. The Morgan fingerprint density at radius 3 is 2.72 bits per heavy atom. The molecule has 25 heavy (non-hydrogen) atoms. The quantitative estimate of drug-likeness (QED) is 0.722. The van der Waals surface area contributed by atoms with Crippen molar-refractivity contribution in [1.82, 2.24) is 4.57 Å². The fourth-order valence-electron chi connectivity index (χ4n) is 6.01. The van der Waals surface area contributed by atoms with E-state index in [1.165, 1.54) is 12.1 Å². The minimum atomic E-state index is -0.698. The summed E-state index contributed by atoms with van der Waals surface area (Å²) >= 11 is 0. The van der Waals surface area contributed by atoms with E-state index >= 15 is 0 Å². The van der Waals surface area contributed by atoms with Crippen LogP contribution in [-0.4, -0.2) is 22.2 Å². The average molecular weight is 347 g/mol. The number of nitrogens with zero attached hydrogens (tertiary/aromatic N) is 1. The normalized spacial score (nSPS) is 51.8. The molecular formula is C20H29NO4. The highest BCUT2D eigenvalue weighted by molar-refractivity contribution is 5.17. The molecular weight excluding hydrogens is 318 g/mol. The number of fused-ring (bicyclic) bond motifs is 2. The Morgan fingerprint density at radius 2 is 1.96 bits per heavy atom. The van der Waals surface area contributed by atoms with E-state index in [0.717, 1.165) is 19.3 Å². The lowest BCUT2D eigenvalue weighted by molar-refractivity contribution is -0.571. The molecule has 0 radical (unpaired) electrons. The third-order valence-corrected chi connectivity index (χ3v) is 7.43. The Morgan fingerprint density at radius 1 is 1.12 bits per heavy atom. The van der Waals surface area contributed by atoms with Gasteiger partial charge in [0.05, 0.1) is 0 Å². The van der Waals surface area contributed by atoms with Crippen LogP contribution in [0.1, 0.15) is 58.3 Å². The highest BCUT2D eigenvalue weighted by Gasteiger charge is 2.69. The molecule has 5 nitrogen and oxygen atoms in total. The highest BCUT2D eigenvalue weighted by atomic mass is 17.3. The summed E-state index contributed by atoms with van der Waals surface area (Å²) in [6, 6.07) is 4.25. The largest absolute Gasteiger partial charge is 0.352 e. The van der Waals surface area contributed by atoms with E-state index in [0.29, 0.717) is 23.7 Å². The van der Waals surface area contributed by atoms with Crippen molar-refractivity contribution in [2.24, 2.45) is 30.7 Å². The monoisotopic (exact) mass is 347 g/mol. The summed E-state index contributed by atoms with van der Waals surface area (Å²) in [6.07, 6.45) is 6.08. The second-order valence-corrected chi connectivity index (χ2v) is 8.87. The molecule has 0 aromatic carbocycles. The van der Waals surface area contributed by atoms with Crippen LogP contribution in [0.25, 0.3) is 0 Å². The Bertz CT molecular complexity index is 674. The standard InChI is InChI=1S/C20H29NO4/c1-12-7-8-15-13(2)17(16-6-5-11-21(16)4)22-18-20(15)14(12)9-10-19(3,23-18)24-25-20/h5-6,11-15,17-18H,7-10H2,1-4H3/t12-,13-,14+,15+,17-,18-,19-,20-/m1/s1. The Balaban J connectivity index is 1.60. The van der Waals surface area contributed by atoms with Crippen LogP contribution in [0.5, 0.6) is 0 Å². The van der Waals surface area contributed by atoms with E-state index in [2.05, 4.69) is 43.8 Å². The lowest BCUT2D eigenvalue weighted by Gasteiger charge is -2.60. The molecule has 5 fully saturated rings. The zero-order valence-corrected chi connectivity index (χ0v) is 15.6. The lowest BCUT2D eigenvalue weighted by atomic mass is 9.57. The Hall–Kier alpha value is -0.880. The molecule has 1 aromatic heterocycles. The summed E-state index contributed by atoms with van der Waals surface area (Å²) in [5, 5.41) is 0. The van der Waals surface area contributed by atoms with Crippen LogP contribution in [0.3, 0.4) is 0 Å². The maximum atomic E-state index is 6.63. The number of aryl methyl sites for hydroxylation is 1. The summed E-state index contributed by atoms with van der Waals surface area (Å²) in [7, 11) is 2.09. The molecule has 4 aliphatic heterocycles. The zero-order chi connectivity index (χ0) is 17.4. The van der Waals surface area contributed by atoms with Gasteiger partial charge in [-0.25, -0.2) is 9.78 Å². The predicted molar refractivity (Wildman–Crippen MR) is 91.2 cm³/mol. The Kier molecular flexibility index (Phi) is 3.47. The van der Waals surface area contributed by atoms with E-state index in [4.69, 9.17) is 19.2 Å². The average Bonchev–Trinajstić information content (AvgIpc) is 2.87. The first kappa shape index (κ1) is 16.3. The van der Waals surface area contributed by atoms with Gasteiger partial charge in [0.1, 0.15) is 6.10 Å². The summed E-state index contributed by atoms with van der Waals surface area (Å²) in [5.41, 5.74) is 0.752. The van der Waals surface area contributed by atoms with Gasteiger partial charge in [-0.15, -0.1) is 0 Å². The van der Waals surface area contributed by atoms with Crippen molar-refractivity contribution in [3.63, 3.8) is 0 Å². The van der Waals surface area contributed by atoms with Crippen LogP contribution in [-0.2, 0) is 26.3 Å². The van der Waals surface area contributed by atoms with Crippen LogP contribution in [0, 0.1) is 23.7 Å². The lowest BCUT2D eigenvalue weighted by Crippen LogP contribution is -2.69. The molecule has 1 aromatic rings. The van der Waals surface area contributed by atoms with Crippen molar-refractivity contribution in [1.29, 1.82) is 0 Å². The van der Waals surface area contributed by atoms with Crippen molar-refractivity contribution in [3.05, 3.63) is 24.0 Å². The van der Waals surface area contributed by atoms with Gasteiger partial charge in [0.15, 0.2) is 11.9 Å². The molecule has 5 aliphatic rings. The van der Waals surface area contributed by atoms with Gasteiger partial charge in [-0.2, -0.15) is 0 Å². The molecule has 138 valence electrons. The molecule has 5 heteroatoms. The summed E-state index contributed by atoms with van der Waals surface area (Å²) in [4.78, 5) is 12.1. The van der Waals surface area contributed by atoms with Gasteiger partial charge in [-0.3, -0.25) is 0 Å². The minimum absolute atomic E-state index is 0.0289. The maximum Gasteiger partial charge on any atom is 0.201 e. The van der Waals surface area contributed by atoms with Gasteiger partial charge >= 0.3 is 0 Å². The molecule has 0 N–H and O–H groups in total. The second-order valence-electron chi connectivity index (χ2n) is 8.87. The summed E-state index contributed by atoms with van der Waals surface area (Å²) in [5.74, 6) is 1.08. The first-order valence-corrected chi connectivity index (χ1v) is 9.76. The van der Waals surface area contributed by atoms with Crippen LogP contribution in [0.4, 0.5) is 0 Å². The van der Waals surface area contributed by atoms with E-state index in [1.807, 2.05) is 6.92 Å². The van der Waals surface area contributed by atoms with Crippen molar-refractivity contribution in [2.75, 3.05) is 0 Å². The number of hydrogen-bond donors (Lipinski definition) is 0. The third-order valence-electron chi connectivity index (χ3n) is 7.43. The number of hydrogen-bond acceptors (Lipinski definition) is 4. The van der Waals surface area contributed by atoms with Gasteiger partial charge in [0.25, 0.3) is 0 Å². The van der Waals surface area contributed by atoms with Crippen LogP contribution in [0.2, 0.25) is 0 Å². The smallest absolute Gasteiger partial charge is 0.201 e. The van der Waals surface area contributed by atoms with Gasteiger partial charge in [-0.05, 0) is 56.1 Å². The first-order valence-electron chi connectivity index (χ1n) is 9.76. The van der Waals surface area contributed by atoms with E-state index < -0.39 is 11.4 Å². The first-order chi connectivity index (χ1) is 11.9. The van der Waals surface area contributed by atoms with Crippen molar-refractivity contribution in [2.45, 2.75) is 70.2 Å². The fourth-order valence-corrected chi connectivity index (χ4v) is 6.01. The third kappa shape index (κ3) is 2.10. The number of ether oxygens (including phenoxy) is 2. The van der Waals surface area contributed by atoms with Crippen LogP contribution >= 0.6 is 0 Å². The minimum Gasteiger partial charge on any atom is -0.352 e. The van der Waals surface area contributed by atoms with E-state index in [1.54, 1.807) is 0 Å². The molecule has 0 unspecified atom stereocenters. The van der Waals surface area contributed by atoms with Crippen LogP contribution in [0.15, 0.2) is 18.3 Å². The van der Waals surface area contributed by atoms with Gasteiger partial charge < -0.3 is 14.0 Å².